The van der Waals surface area contributed by atoms with Crippen molar-refractivity contribution in [3.63, 3.8) is 0 Å². The molecule has 7 rings (SSSR count). The quantitative estimate of drug-likeness (QED) is 0.118. The van der Waals surface area contributed by atoms with Crippen molar-refractivity contribution in [3.05, 3.63) is 60.3 Å². The minimum Gasteiger partial charge on any atom is -0.453 e. The average Bonchev–Trinajstić information content (AvgIpc) is 4.04. The number of imidazole rings is 2. The van der Waals surface area contributed by atoms with Gasteiger partial charge in [-0.25, -0.2) is 19.6 Å². The van der Waals surface area contributed by atoms with E-state index in [2.05, 4.69) is 25.6 Å². The number of rotatable bonds is 10. The normalized spacial score (nSPS) is 21.7. The average molecular weight is 775 g/mol. The summed E-state index contributed by atoms with van der Waals surface area (Å²) in [6, 6.07) is 5.94. The third kappa shape index (κ3) is 7.49. The number of carbonyl (C=O) groups excluding carboxylic acids is 4. The van der Waals surface area contributed by atoms with Gasteiger partial charge >= 0.3 is 12.2 Å². The lowest BCUT2D eigenvalue weighted by Crippen LogP contribution is -2.51. The largest absolute Gasteiger partial charge is 0.453 e. The second-order valence-corrected chi connectivity index (χ2v) is 15.3. The molecule has 0 aliphatic carbocycles. The van der Waals surface area contributed by atoms with E-state index in [-0.39, 0.29) is 49.9 Å². The number of thiophene rings is 1. The molecule has 290 valence electrons. The van der Waals surface area contributed by atoms with Gasteiger partial charge in [-0.05, 0) is 72.6 Å². The Morgan fingerprint density at radius 3 is 2.05 bits per heavy atom. The molecule has 2 aromatic carbocycles. The van der Waals surface area contributed by atoms with Gasteiger partial charge in [0.15, 0.2) is 0 Å². The molecule has 15 heteroatoms. The van der Waals surface area contributed by atoms with Crippen LogP contribution in [0, 0.1) is 11.8 Å². The molecule has 0 radical (unpaired) electrons. The van der Waals surface area contributed by atoms with Crippen LogP contribution in [0.5, 0.6) is 0 Å². The molecule has 5 aromatic rings. The molecule has 4 N–H and O–H groups in total. The highest BCUT2D eigenvalue weighted by Crippen LogP contribution is 2.39. The number of hydrogen-bond donors (Lipinski definition) is 4. The number of carbonyl (C=O) groups is 4. The molecule has 4 atom stereocenters. The summed E-state index contributed by atoms with van der Waals surface area (Å²) in [4.78, 5) is 71.4. The standard InChI is InChI=1S/C40H48N8O6S/c1-21(2)32(45-39(51)53-5)37(49)47-17-7-9-28(47)35-41-20-27(43-35)31-16-15-30(55-31)24-11-13-25-23(19-24)12-14-26-34(25)44-36(42-26)29-10-8-18-48(29)38(50)33(22(3)4)46-40(52)54-6/h11-16,19-22,28-29,32-33H,7-10,17-18H2,1-6H3,(H,41,43)(H,42,44)(H,45,51)(H,46,52)/t28-,29-,32?,33-/m0/s1/i7D2,8D2,15D,16D. The number of aromatic amines is 2. The number of amides is 4. The van der Waals surface area contributed by atoms with Crippen LogP contribution in [0.1, 0.15) is 85.2 Å². The Morgan fingerprint density at radius 2 is 1.45 bits per heavy atom. The van der Waals surface area contributed by atoms with Crippen LogP contribution in [-0.2, 0) is 19.1 Å². The molecule has 2 fully saturated rings. The number of methoxy groups -OCH3 is 2. The summed E-state index contributed by atoms with van der Waals surface area (Å²) in [6.07, 6.45) is -3.47. The van der Waals surface area contributed by atoms with Crippen molar-refractivity contribution in [2.24, 2.45) is 11.8 Å². The number of benzene rings is 2. The van der Waals surface area contributed by atoms with E-state index in [0.29, 0.717) is 43.7 Å². The third-order valence-corrected chi connectivity index (χ3v) is 11.1. The summed E-state index contributed by atoms with van der Waals surface area (Å²) in [6.45, 7) is 6.73. The number of fused-ring (bicyclic) bond motifs is 3. The van der Waals surface area contributed by atoms with Gasteiger partial charge in [0.25, 0.3) is 0 Å². The van der Waals surface area contributed by atoms with Crippen LogP contribution in [0.4, 0.5) is 9.59 Å². The summed E-state index contributed by atoms with van der Waals surface area (Å²) in [7, 11) is 2.41. The van der Waals surface area contributed by atoms with Gasteiger partial charge in [0.1, 0.15) is 23.7 Å². The van der Waals surface area contributed by atoms with Crippen molar-refractivity contribution in [2.45, 2.75) is 77.4 Å². The molecule has 5 heterocycles. The number of hydrogen-bond acceptors (Lipinski definition) is 9. The van der Waals surface area contributed by atoms with E-state index in [9.17, 15) is 19.2 Å². The second-order valence-electron chi connectivity index (χ2n) is 14.3. The zero-order chi connectivity index (χ0) is 44.3. The zero-order valence-electron chi connectivity index (χ0n) is 37.4. The Kier molecular flexibility index (Phi) is 8.82. The van der Waals surface area contributed by atoms with E-state index in [1.165, 1.54) is 41.6 Å². The molecule has 2 saturated heterocycles. The Labute approximate surface area is 331 Å². The van der Waals surface area contributed by atoms with Crippen LogP contribution in [0.2, 0.25) is 0 Å². The van der Waals surface area contributed by atoms with Gasteiger partial charge in [0.05, 0.1) is 56.8 Å². The highest BCUT2D eigenvalue weighted by Gasteiger charge is 2.39. The van der Waals surface area contributed by atoms with Crippen LogP contribution < -0.4 is 10.6 Å². The summed E-state index contributed by atoms with van der Waals surface area (Å²) in [5.74, 6) is -0.790. The molecule has 0 spiro atoms. The van der Waals surface area contributed by atoms with Crippen LogP contribution in [0.15, 0.2) is 48.6 Å². The van der Waals surface area contributed by atoms with E-state index >= 15 is 0 Å². The molecule has 2 aliphatic rings. The highest BCUT2D eigenvalue weighted by molar-refractivity contribution is 7.18. The number of likely N-dealkylation sites (tertiary alicyclic amines) is 2. The van der Waals surface area contributed by atoms with Gasteiger partial charge in [0.2, 0.25) is 11.8 Å². The van der Waals surface area contributed by atoms with Gasteiger partial charge in [-0.15, -0.1) is 11.3 Å². The lowest BCUT2D eigenvalue weighted by molar-refractivity contribution is -0.136. The lowest BCUT2D eigenvalue weighted by Gasteiger charge is -2.30. The van der Waals surface area contributed by atoms with E-state index in [4.69, 9.17) is 22.7 Å². The maximum atomic E-state index is 13.8. The number of H-pyrrole nitrogens is 2. The minimum atomic E-state index is -1.72. The van der Waals surface area contributed by atoms with E-state index in [1.54, 1.807) is 27.7 Å². The third-order valence-electron chi connectivity index (χ3n) is 10.1. The maximum absolute atomic E-state index is 13.8. The molecule has 3 aromatic heterocycles. The molecule has 55 heavy (non-hydrogen) atoms. The predicted molar refractivity (Wildman–Crippen MR) is 210 cm³/mol. The fourth-order valence-corrected chi connectivity index (χ4v) is 7.92. The monoisotopic (exact) mass is 774 g/mol. The van der Waals surface area contributed by atoms with Gasteiger partial charge in [-0.1, -0.05) is 45.9 Å². The Balaban J connectivity index is 1.16. The van der Waals surface area contributed by atoms with Crippen LogP contribution in [-0.4, -0.2) is 93.1 Å². The second kappa shape index (κ2) is 15.7. The fourth-order valence-electron chi connectivity index (χ4n) is 7.05. The summed E-state index contributed by atoms with van der Waals surface area (Å²) in [5.41, 5.74) is 2.42. The van der Waals surface area contributed by atoms with Gasteiger partial charge in [-0.3, -0.25) is 9.59 Å². The number of alkyl carbamates (subject to hydrolysis) is 2. The van der Waals surface area contributed by atoms with Gasteiger partial charge in [-0.2, -0.15) is 0 Å². The van der Waals surface area contributed by atoms with E-state index < -0.39 is 60.9 Å². The van der Waals surface area contributed by atoms with E-state index in [0.717, 1.165) is 10.8 Å². The smallest absolute Gasteiger partial charge is 0.407 e. The van der Waals surface area contributed by atoms with Crippen molar-refractivity contribution in [1.82, 2.24) is 40.4 Å². The molecule has 2 aliphatic heterocycles. The van der Waals surface area contributed by atoms with Crippen LogP contribution in [0.3, 0.4) is 0 Å². The predicted octanol–water partition coefficient (Wildman–Crippen LogP) is 6.92. The Bertz CT molecular complexity index is 2520. The minimum absolute atomic E-state index is 0.00273. The van der Waals surface area contributed by atoms with Crippen molar-refractivity contribution in [3.8, 4) is 21.0 Å². The summed E-state index contributed by atoms with van der Waals surface area (Å²) in [5, 5.41) is 6.73. The molecule has 4 amide bonds. The topological polar surface area (TPSA) is 175 Å². The summed E-state index contributed by atoms with van der Waals surface area (Å²) >= 11 is 1.23. The van der Waals surface area contributed by atoms with Crippen molar-refractivity contribution in [1.29, 1.82) is 0 Å². The Morgan fingerprint density at radius 1 is 0.855 bits per heavy atom. The first-order valence-corrected chi connectivity index (χ1v) is 18.9. The molecular weight excluding hydrogens is 721 g/mol. The maximum Gasteiger partial charge on any atom is 0.407 e. The van der Waals surface area contributed by atoms with Gasteiger partial charge < -0.3 is 39.9 Å². The number of aromatic nitrogens is 4. The molecule has 0 saturated carbocycles. The SMILES string of the molecule is [2H]c1c(-c2ccc3c(ccc4[nH]c([C@@H]5CC([2H])([2H])CN5C(=O)[C@@H](NC(=O)OC)C(C)C)nc43)c2)sc(-c2cnc([C@@H]3CC([2H])([2H])CN3C(=O)C(NC(=O)OC)C(C)C)[nH]2)c1[2H]. The van der Waals surface area contributed by atoms with Crippen molar-refractivity contribution < 1.29 is 36.9 Å². The number of nitrogens with one attached hydrogen (secondary N) is 4. The van der Waals surface area contributed by atoms with E-state index in [1.807, 2.05) is 30.3 Å². The lowest BCUT2D eigenvalue weighted by atomic mass is 10.0. The van der Waals surface area contributed by atoms with Crippen LogP contribution in [0.25, 0.3) is 42.8 Å². The first kappa shape index (κ1) is 30.8. The molecule has 1 unspecified atom stereocenters. The van der Waals surface area contributed by atoms with Crippen LogP contribution >= 0.6 is 11.3 Å². The first-order valence-electron chi connectivity index (χ1n) is 21.1. The molecule has 14 nitrogen and oxygen atoms in total. The first-order chi connectivity index (χ1) is 28.7. The molecule has 0 bridgehead atoms. The van der Waals surface area contributed by atoms with Gasteiger partial charge in [0, 0.05) is 28.8 Å². The van der Waals surface area contributed by atoms with Crippen molar-refractivity contribution >= 4 is 57.1 Å². The zero-order valence-corrected chi connectivity index (χ0v) is 32.2. The Hall–Kier alpha value is -5.44. The number of nitrogens with zero attached hydrogens (tertiary/aromatic N) is 4. The molecular formula is C40H48N8O6S. The van der Waals surface area contributed by atoms with Crippen molar-refractivity contribution in [2.75, 3.05) is 27.3 Å². The highest BCUT2D eigenvalue weighted by atomic mass is 32.1. The number of ether oxygens (including phenoxy) is 2. The summed E-state index contributed by atoms with van der Waals surface area (Å²) < 4.78 is 61.4. The fraction of sp³-hybridized carbons (Fsp3) is 0.450.